The third kappa shape index (κ3) is 5.19. The van der Waals surface area contributed by atoms with Gasteiger partial charge in [0.15, 0.2) is 23.2 Å². The molecular weight excluding hydrogens is 499 g/mol. The summed E-state index contributed by atoms with van der Waals surface area (Å²) < 4.78 is 16.7. The number of thiocarbonyl (C=S) groups is 1. The summed E-state index contributed by atoms with van der Waals surface area (Å²) in [5, 5.41) is 2.52. The van der Waals surface area contributed by atoms with Crippen molar-refractivity contribution >= 4 is 63.8 Å². The summed E-state index contributed by atoms with van der Waals surface area (Å²) in [5.74, 6) is -0.781. The first-order valence-electron chi connectivity index (χ1n) is 8.38. The first-order valence-corrected chi connectivity index (χ1v) is 9.87. The van der Waals surface area contributed by atoms with E-state index in [-0.39, 0.29) is 23.9 Å². The van der Waals surface area contributed by atoms with Gasteiger partial charge in [0.2, 0.25) is 0 Å². The van der Waals surface area contributed by atoms with Crippen LogP contribution in [-0.2, 0) is 19.1 Å². The van der Waals surface area contributed by atoms with Crippen molar-refractivity contribution in [3.8, 4) is 11.5 Å². The van der Waals surface area contributed by atoms with Gasteiger partial charge in [0.25, 0.3) is 11.8 Å². The standard InChI is InChI=1S/C18H19IN2O6S/c1-4-25-13-8-10(6-11-16(23)20-18(28)21(3)17(11)24)7-12(19)15(13)27-9-14(22)26-5-2/h6-8H,4-5,9H2,1-3H3,(H,20,23,28)/b11-6+. The van der Waals surface area contributed by atoms with Gasteiger partial charge in [0, 0.05) is 7.05 Å². The van der Waals surface area contributed by atoms with E-state index in [0.29, 0.717) is 27.2 Å². The number of nitrogens with zero attached hydrogens (tertiary/aromatic N) is 1. The molecule has 1 aromatic carbocycles. The lowest BCUT2D eigenvalue weighted by Crippen LogP contribution is -2.52. The second-order valence-electron chi connectivity index (χ2n) is 5.54. The Labute approximate surface area is 181 Å². The average Bonchev–Trinajstić information content (AvgIpc) is 2.63. The SMILES string of the molecule is CCOC(=O)COc1c(I)cc(/C=C2\C(=O)NC(=S)N(C)C2=O)cc1OCC. The van der Waals surface area contributed by atoms with E-state index in [1.807, 2.05) is 22.6 Å². The smallest absolute Gasteiger partial charge is 0.344 e. The molecule has 1 aromatic rings. The second kappa shape index (κ2) is 9.82. The molecule has 10 heteroatoms. The number of ether oxygens (including phenoxy) is 3. The summed E-state index contributed by atoms with van der Waals surface area (Å²) in [6.45, 7) is 3.89. The molecular formula is C18H19IN2O6S. The lowest BCUT2D eigenvalue weighted by atomic mass is 10.1. The van der Waals surface area contributed by atoms with Crippen molar-refractivity contribution in [1.29, 1.82) is 0 Å². The number of esters is 1. The van der Waals surface area contributed by atoms with Crippen LogP contribution in [0.25, 0.3) is 6.08 Å². The molecule has 1 heterocycles. The van der Waals surface area contributed by atoms with Gasteiger partial charge in [-0.1, -0.05) is 0 Å². The highest BCUT2D eigenvalue weighted by atomic mass is 127. The van der Waals surface area contributed by atoms with Crippen LogP contribution in [0.5, 0.6) is 11.5 Å². The number of benzene rings is 1. The lowest BCUT2D eigenvalue weighted by Gasteiger charge is -2.25. The first-order chi connectivity index (χ1) is 13.3. The Bertz CT molecular complexity index is 855. The molecule has 0 bridgehead atoms. The zero-order valence-electron chi connectivity index (χ0n) is 15.5. The highest BCUT2D eigenvalue weighted by Crippen LogP contribution is 2.35. The minimum atomic E-state index is -0.566. The highest BCUT2D eigenvalue weighted by molar-refractivity contribution is 14.1. The van der Waals surface area contributed by atoms with Gasteiger partial charge in [-0.15, -0.1) is 0 Å². The number of hydrogen-bond acceptors (Lipinski definition) is 7. The quantitative estimate of drug-likeness (QED) is 0.194. The van der Waals surface area contributed by atoms with Crippen molar-refractivity contribution in [2.24, 2.45) is 0 Å². The molecule has 1 fully saturated rings. The average molecular weight is 518 g/mol. The summed E-state index contributed by atoms with van der Waals surface area (Å²) in [7, 11) is 1.49. The van der Waals surface area contributed by atoms with Gasteiger partial charge in [-0.2, -0.15) is 0 Å². The van der Waals surface area contributed by atoms with E-state index in [4.69, 9.17) is 26.4 Å². The van der Waals surface area contributed by atoms with Crippen molar-refractivity contribution in [2.45, 2.75) is 13.8 Å². The third-order valence-electron chi connectivity index (χ3n) is 3.59. The minimum Gasteiger partial charge on any atom is -0.490 e. The number of likely N-dealkylation sites (N-methyl/N-ethyl adjacent to an activating group) is 1. The van der Waals surface area contributed by atoms with E-state index in [9.17, 15) is 14.4 Å². The Hall–Kier alpha value is -2.21. The fraction of sp³-hybridized carbons (Fsp3) is 0.333. The molecule has 0 unspecified atom stereocenters. The largest absolute Gasteiger partial charge is 0.490 e. The molecule has 0 radical (unpaired) electrons. The van der Waals surface area contributed by atoms with Gasteiger partial charge in [-0.3, -0.25) is 19.8 Å². The molecule has 0 atom stereocenters. The lowest BCUT2D eigenvalue weighted by molar-refractivity contribution is -0.145. The van der Waals surface area contributed by atoms with Crippen molar-refractivity contribution in [2.75, 3.05) is 26.9 Å². The van der Waals surface area contributed by atoms with Crippen LogP contribution in [0.4, 0.5) is 0 Å². The van der Waals surface area contributed by atoms with Crippen LogP contribution in [0.2, 0.25) is 0 Å². The van der Waals surface area contributed by atoms with Gasteiger partial charge in [-0.05, 0) is 72.4 Å². The van der Waals surface area contributed by atoms with Gasteiger partial charge in [-0.25, -0.2) is 4.79 Å². The maximum atomic E-state index is 12.4. The normalized spacial score (nSPS) is 15.5. The topological polar surface area (TPSA) is 94.2 Å². The van der Waals surface area contributed by atoms with Crippen molar-refractivity contribution in [3.05, 3.63) is 26.8 Å². The Morgan fingerprint density at radius 3 is 2.61 bits per heavy atom. The van der Waals surface area contributed by atoms with Crippen LogP contribution < -0.4 is 14.8 Å². The number of carbonyl (C=O) groups is 3. The van der Waals surface area contributed by atoms with Crippen LogP contribution in [0, 0.1) is 3.57 Å². The molecule has 0 aromatic heterocycles. The second-order valence-corrected chi connectivity index (χ2v) is 7.09. The van der Waals surface area contributed by atoms with Gasteiger partial charge >= 0.3 is 5.97 Å². The fourth-order valence-electron chi connectivity index (χ4n) is 2.32. The van der Waals surface area contributed by atoms with Crippen LogP contribution in [0.1, 0.15) is 19.4 Å². The maximum Gasteiger partial charge on any atom is 0.344 e. The molecule has 28 heavy (non-hydrogen) atoms. The Kier molecular flexibility index (Phi) is 7.75. The fourth-order valence-corrected chi connectivity index (χ4v) is 3.28. The zero-order chi connectivity index (χ0) is 20.8. The molecule has 0 spiro atoms. The Balaban J connectivity index is 2.36. The summed E-state index contributed by atoms with van der Waals surface area (Å²) >= 11 is 6.96. The minimum absolute atomic E-state index is 0.0467. The maximum absolute atomic E-state index is 12.4. The van der Waals surface area contributed by atoms with Gasteiger partial charge in [0.05, 0.1) is 16.8 Å². The van der Waals surface area contributed by atoms with Gasteiger partial charge < -0.3 is 14.2 Å². The predicted molar refractivity (Wildman–Crippen MR) is 114 cm³/mol. The summed E-state index contributed by atoms with van der Waals surface area (Å²) in [6, 6.07) is 3.34. The number of carbonyl (C=O) groups excluding carboxylic acids is 3. The number of halogens is 1. The van der Waals surface area contributed by atoms with Gasteiger partial charge in [0.1, 0.15) is 5.57 Å². The number of hydrogen-bond donors (Lipinski definition) is 1. The summed E-state index contributed by atoms with van der Waals surface area (Å²) in [5.41, 5.74) is 0.519. The molecule has 1 N–H and O–H groups in total. The van der Waals surface area contributed by atoms with E-state index in [2.05, 4.69) is 5.32 Å². The first kappa shape index (κ1) is 22.1. The van der Waals surface area contributed by atoms with Crippen molar-refractivity contribution in [1.82, 2.24) is 10.2 Å². The molecule has 8 nitrogen and oxygen atoms in total. The molecule has 0 aliphatic carbocycles. The molecule has 0 saturated carbocycles. The van der Waals surface area contributed by atoms with E-state index < -0.39 is 17.8 Å². The number of nitrogens with one attached hydrogen (secondary N) is 1. The molecule has 150 valence electrons. The molecule has 2 rings (SSSR count). The number of rotatable bonds is 7. The molecule has 1 aliphatic heterocycles. The van der Waals surface area contributed by atoms with Crippen LogP contribution in [0.3, 0.4) is 0 Å². The van der Waals surface area contributed by atoms with E-state index in [1.54, 1.807) is 26.0 Å². The number of amides is 2. The summed E-state index contributed by atoms with van der Waals surface area (Å²) in [4.78, 5) is 37.2. The van der Waals surface area contributed by atoms with Crippen LogP contribution in [-0.4, -0.2) is 54.7 Å². The monoisotopic (exact) mass is 518 g/mol. The van der Waals surface area contributed by atoms with E-state index in [0.717, 1.165) is 0 Å². The van der Waals surface area contributed by atoms with Crippen LogP contribution >= 0.6 is 34.8 Å². The van der Waals surface area contributed by atoms with Crippen molar-refractivity contribution in [3.63, 3.8) is 0 Å². The summed E-state index contributed by atoms with van der Waals surface area (Å²) in [6.07, 6.45) is 1.45. The molecule has 1 saturated heterocycles. The van der Waals surface area contributed by atoms with Crippen LogP contribution in [0.15, 0.2) is 17.7 Å². The van der Waals surface area contributed by atoms with Crippen molar-refractivity contribution < 1.29 is 28.6 Å². The zero-order valence-corrected chi connectivity index (χ0v) is 18.5. The predicted octanol–water partition coefficient (Wildman–Crippen LogP) is 1.89. The Morgan fingerprint density at radius 2 is 1.96 bits per heavy atom. The Morgan fingerprint density at radius 1 is 1.25 bits per heavy atom. The van der Waals surface area contributed by atoms with E-state index >= 15 is 0 Å². The molecule has 2 amide bonds. The highest BCUT2D eigenvalue weighted by Gasteiger charge is 2.30. The molecule has 1 aliphatic rings. The van der Waals surface area contributed by atoms with E-state index in [1.165, 1.54) is 18.0 Å². The third-order valence-corrected chi connectivity index (χ3v) is 4.76.